The number of nitrogens with one attached hydrogen (secondary N) is 1. The third-order valence-corrected chi connectivity index (χ3v) is 8.13. The number of nitrogens with zero attached hydrogens (tertiary/aromatic N) is 4. The molecule has 3 aromatic rings. The van der Waals surface area contributed by atoms with E-state index in [4.69, 9.17) is 4.74 Å². The molecule has 2 aromatic heterocycles. The zero-order chi connectivity index (χ0) is 25.8. The summed E-state index contributed by atoms with van der Waals surface area (Å²) in [5.74, 6) is 0.396. The Morgan fingerprint density at radius 3 is 2.72 bits per heavy atom. The fourth-order valence-electron chi connectivity index (χ4n) is 4.25. The summed E-state index contributed by atoms with van der Waals surface area (Å²) in [6.45, 7) is 6.39. The van der Waals surface area contributed by atoms with Crippen molar-refractivity contribution in [3.63, 3.8) is 0 Å². The largest absolute Gasteiger partial charge is 0.459 e. The van der Waals surface area contributed by atoms with E-state index in [0.29, 0.717) is 22.3 Å². The highest BCUT2D eigenvalue weighted by molar-refractivity contribution is 7.99. The number of hydrogen-bond donors (Lipinski definition) is 1. The van der Waals surface area contributed by atoms with Gasteiger partial charge in [-0.2, -0.15) is 0 Å². The Kier molecular flexibility index (Phi) is 8.35. The molecule has 8 nitrogen and oxygen atoms in total. The van der Waals surface area contributed by atoms with E-state index in [1.165, 1.54) is 28.0 Å². The van der Waals surface area contributed by atoms with Crippen molar-refractivity contribution in [1.29, 1.82) is 0 Å². The lowest BCUT2D eigenvalue weighted by molar-refractivity contribution is -0.113. The third-order valence-electron chi connectivity index (χ3n) is 5.96. The van der Waals surface area contributed by atoms with Gasteiger partial charge in [0, 0.05) is 36.8 Å². The number of ether oxygens (including phenoxy) is 1. The minimum atomic E-state index is -0.359. The van der Waals surface area contributed by atoms with Gasteiger partial charge in [-0.05, 0) is 64.2 Å². The zero-order valence-corrected chi connectivity index (χ0v) is 23.1. The van der Waals surface area contributed by atoms with Gasteiger partial charge in [-0.25, -0.2) is 4.79 Å². The SMILES string of the molecule is CCn1c(SCC(=O)Nc2sc3c(c2C(=O)OC(C)C)CCCC3)nnc1-c1cccc(N(C)C)c1. The molecule has 1 N–H and O–H groups in total. The molecule has 0 unspecified atom stereocenters. The molecular weight excluding hydrogens is 494 g/mol. The van der Waals surface area contributed by atoms with Gasteiger partial charge in [-0.1, -0.05) is 23.9 Å². The van der Waals surface area contributed by atoms with Crippen LogP contribution < -0.4 is 10.2 Å². The summed E-state index contributed by atoms with van der Waals surface area (Å²) in [5.41, 5.74) is 3.62. The van der Waals surface area contributed by atoms with Crippen LogP contribution in [0.1, 0.15) is 54.4 Å². The number of hydrogen-bond acceptors (Lipinski definition) is 8. The fraction of sp³-hybridized carbons (Fsp3) is 0.462. The van der Waals surface area contributed by atoms with Crippen LogP contribution in [-0.4, -0.2) is 52.6 Å². The third kappa shape index (κ3) is 5.75. The molecule has 1 aliphatic carbocycles. The Bertz CT molecular complexity index is 1250. The molecule has 0 radical (unpaired) electrons. The molecule has 0 atom stereocenters. The first-order valence-electron chi connectivity index (χ1n) is 12.3. The Labute approximate surface area is 220 Å². The second kappa shape index (κ2) is 11.5. The summed E-state index contributed by atoms with van der Waals surface area (Å²) >= 11 is 2.84. The maximum absolute atomic E-state index is 13.0. The van der Waals surface area contributed by atoms with E-state index in [1.807, 2.05) is 62.5 Å². The van der Waals surface area contributed by atoms with Gasteiger partial charge in [0.25, 0.3) is 0 Å². The molecule has 10 heteroatoms. The van der Waals surface area contributed by atoms with Crippen molar-refractivity contribution in [2.75, 3.05) is 30.1 Å². The van der Waals surface area contributed by atoms with Crippen molar-refractivity contribution < 1.29 is 14.3 Å². The number of amides is 1. The van der Waals surface area contributed by atoms with Crippen molar-refractivity contribution in [3.8, 4) is 11.4 Å². The van der Waals surface area contributed by atoms with Crippen molar-refractivity contribution in [2.24, 2.45) is 0 Å². The minimum absolute atomic E-state index is 0.164. The monoisotopic (exact) mass is 527 g/mol. The first kappa shape index (κ1) is 26.2. The smallest absolute Gasteiger partial charge is 0.341 e. The molecule has 0 saturated carbocycles. The van der Waals surface area contributed by atoms with E-state index in [2.05, 4.69) is 21.6 Å². The van der Waals surface area contributed by atoms with E-state index in [1.54, 1.807) is 0 Å². The minimum Gasteiger partial charge on any atom is -0.459 e. The summed E-state index contributed by atoms with van der Waals surface area (Å²) in [6.07, 6.45) is 3.70. The standard InChI is InChI=1S/C26H33N5O3S2/c1-6-31-23(17-10-9-11-18(14-17)30(4)5)28-29-26(31)35-15-21(32)27-24-22(25(33)34-16(2)3)19-12-7-8-13-20(19)36-24/h9-11,14,16H,6-8,12-13,15H2,1-5H3,(H,27,32). The molecule has 2 heterocycles. The summed E-state index contributed by atoms with van der Waals surface area (Å²) in [5, 5.41) is 13.0. The second-order valence-electron chi connectivity index (χ2n) is 9.20. The van der Waals surface area contributed by atoms with Crippen molar-refractivity contribution in [3.05, 3.63) is 40.3 Å². The van der Waals surface area contributed by atoms with Crippen LogP contribution in [0.3, 0.4) is 0 Å². The van der Waals surface area contributed by atoms with Crippen LogP contribution in [0.4, 0.5) is 10.7 Å². The van der Waals surface area contributed by atoms with E-state index >= 15 is 0 Å². The normalized spacial score (nSPS) is 12.9. The number of fused-ring (bicyclic) bond motifs is 1. The van der Waals surface area contributed by atoms with Crippen LogP contribution in [0, 0.1) is 0 Å². The lowest BCUT2D eigenvalue weighted by atomic mass is 9.95. The van der Waals surface area contributed by atoms with Crippen LogP contribution in [0.15, 0.2) is 29.4 Å². The molecule has 0 fully saturated rings. The molecular formula is C26H33N5O3S2. The number of anilines is 2. The predicted molar refractivity (Wildman–Crippen MR) is 146 cm³/mol. The maximum Gasteiger partial charge on any atom is 0.341 e. The second-order valence-corrected chi connectivity index (χ2v) is 11.2. The van der Waals surface area contributed by atoms with E-state index in [9.17, 15) is 9.59 Å². The topological polar surface area (TPSA) is 89.3 Å². The van der Waals surface area contributed by atoms with E-state index in [0.717, 1.165) is 48.3 Å². The Morgan fingerprint density at radius 1 is 1.22 bits per heavy atom. The van der Waals surface area contributed by atoms with Gasteiger partial charge in [-0.3, -0.25) is 4.79 Å². The van der Waals surface area contributed by atoms with Gasteiger partial charge < -0.3 is 19.5 Å². The highest BCUT2D eigenvalue weighted by Gasteiger charge is 2.28. The molecule has 4 rings (SSSR count). The Morgan fingerprint density at radius 2 is 2.00 bits per heavy atom. The number of rotatable bonds is 9. The van der Waals surface area contributed by atoms with Crippen molar-refractivity contribution in [2.45, 2.75) is 64.3 Å². The van der Waals surface area contributed by atoms with Gasteiger partial charge in [0.2, 0.25) is 5.91 Å². The van der Waals surface area contributed by atoms with E-state index in [-0.39, 0.29) is 23.7 Å². The first-order chi connectivity index (χ1) is 17.3. The van der Waals surface area contributed by atoms with Gasteiger partial charge in [0.15, 0.2) is 11.0 Å². The molecule has 0 saturated heterocycles. The highest BCUT2D eigenvalue weighted by atomic mass is 32.2. The number of aryl methyl sites for hydroxylation is 1. The zero-order valence-electron chi connectivity index (χ0n) is 21.5. The Balaban J connectivity index is 1.49. The quantitative estimate of drug-likeness (QED) is 0.300. The number of aromatic nitrogens is 3. The Hall–Kier alpha value is -2.85. The lowest BCUT2D eigenvalue weighted by Gasteiger charge is -2.14. The summed E-state index contributed by atoms with van der Waals surface area (Å²) in [6, 6.07) is 8.14. The van der Waals surface area contributed by atoms with Crippen LogP contribution in [-0.2, 0) is 28.9 Å². The maximum atomic E-state index is 13.0. The summed E-state index contributed by atoms with van der Waals surface area (Å²) in [7, 11) is 4.00. The number of carbonyl (C=O) groups is 2. The summed E-state index contributed by atoms with van der Waals surface area (Å²) < 4.78 is 7.51. The van der Waals surface area contributed by atoms with Gasteiger partial charge in [0.1, 0.15) is 5.00 Å². The van der Waals surface area contributed by atoms with Crippen LogP contribution in [0.5, 0.6) is 0 Å². The van der Waals surface area contributed by atoms with Gasteiger partial charge in [0.05, 0.1) is 17.4 Å². The van der Waals surface area contributed by atoms with Gasteiger partial charge >= 0.3 is 5.97 Å². The van der Waals surface area contributed by atoms with Gasteiger partial charge in [-0.15, -0.1) is 21.5 Å². The highest BCUT2D eigenvalue weighted by Crippen LogP contribution is 2.39. The average Bonchev–Trinajstić information content (AvgIpc) is 3.42. The van der Waals surface area contributed by atoms with Crippen LogP contribution in [0.2, 0.25) is 0 Å². The molecule has 1 amide bonds. The molecule has 1 aromatic carbocycles. The molecule has 36 heavy (non-hydrogen) atoms. The number of esters is 1. The number of carbonyl (C=O) groups excluding carboxylic acids is 2. The average molecular weight is 528 g/mol. The molecule has 0 spiro atoms. The molecule has 1 aliphatic rings. The molecule has 0 aliphatic heterocycles. The first-order valence-corrected chi connectivity index (χ1v) is 14.1. The van der Waals surface area contributed by atoms with Crippen molar-refractivity contribution >= 4 is 45.7 Å². The summed E-state index contributed by atoms with van der Waals surface area (Å²) in [4.78, 5) is 29.0. The molecule has 192 valence electrons. The number of benzene rings is 1. The lowest BCUT2D eigenvalue weighted by Crippen LogP contribution is -2.19. The fourth-order valence-corrected chi connectivity index (χ4v) is 6.35. The van der Waals surface area contributed by atoms with E-state index < -0.39 is 0 Å². The molecule has 0 bridgehead atoms. The number of thioether (sulfide) groups is 1. The number of thiophene rings is 1. The van der Waals surface area contributed by atoms with Crippen LogP contribution in [0.25, 0.3) is 11.4 Å². The predicted octanol–water partition coefficient (Wildman–Crippen LogP) is 5.27. The van der Waals surface area contributed by atoms with Crippen LogP contribution >= 0.6 is 23.1 Å². The van der Waals surface area contributed by atoms with Crippen molar-refractivity contribution in [1.82, 2.24) is 14.8 Å².